The third-order valence-corrected chi connectivity index (χ3v) is 10.7. The Kier molecular flexibility index (Phi) is 6.78. The number of aliphatic carboxylic acids is 1. The number of carbonyl (C=O) groups is 2. The minimum atomic E-state index is -0.679. The second-order valence-corrected chi connectivity index (χ2v) is 12.0. The zero-order valence-electron chi connectivity index (χ0n) is 20.6. The summed E-state index contributed by atoms with van der Waals surface area (Å²) in [7, 11) is 0. The molecule has 0 bridgehead atoms. The molecule has 0 heterocycles. The molecule has 33 heavy (non-hydrogen) atoms. The first-order valence-corrected chi connectivity index (χ1v) is 13.2. The number of hydrogen-bond acceptors (Lipinski definition) is 5. The van der Waals surface area contributed by atoms with E-state index in [1.54, 1.807) is 0 Å². The lowest BCUT2D eigenvalue weighted by atomic mass is 9.42. The lowest BCUT2D eigenvalue weighted by Crippen LogP contribution is -2.66. The largest absolute Gasteiger partial charge is 0.481 e. The van der Waals surface area contributed by atoms with Gasteiger partial charge in [-0.15, -0.1) is 0 Å². The van der Waals surface area contributed by atoms with Crippen LogP contribution >= 0.6 is 0 Å². The summed E-state index contributed by atoms with van der Waals surface area (Å²) in [5, 5.41) is 22.1. The van der Waals surface area contributed by atoms with Crippen molar-refractivity contribution >= 4 is 12.1 Å². The number of alkyl carbamates (subject to hydrolysis) is 1. The topological polar surface area (TPSA) is 122 Å². The zero-order valence-corrected chi connectivity index (χ0v) is 20.6. The van der Waals surface area contributed by atoms with Crippen molar-refractivity contribution in [3.63, 3.8) is 0 Å². The highest BCUT2D eigenvalue weighted by Crippen LogP contribution is 2.68. The van der Waals surface area contributed by atoms with Gasteiger partial charge in [0.05, 0.1) is 18.6 Å². The molecule has 0 aliphatic heterocycles. The van der Waals surface area contributed by atoms with E-state index in [4.69, 9.17) is 10.5 Å². The van der Waals surface area contributed by atoms with Gasteiger partial charge in [-0.2, -0.15) is 0 Å². The van der Waals surface area contributed by atoms with Crippen molar-refractivity contribution in [2.45, 2.75) is 109 Å². The number of nitrogens with one attached hydrogen (secondary N) is 1. The van der Waals surface area contributed by atoms with Gasteiger partial charge in [0.15, 0.2) is 0 Å². The van der Waals surface area contributed by atoms with E-state index in [0.29, 0.717) is 24.2 Å². The van der Waals surface area contributed by atoms with Crippen LogP contribution in [-0.2, 0) is 9.53 Å². The minimum Gasteiger partial charge on any atom is -0.481 e. The molecular formula is C26H44N2O5. The molecule has 4 saturated carbocycles. The van der Waals surface area contributed by atoms with Crippen LogP contribution in [-0.4, -0.2) is 46.6 Å². The number of nitrogens with two attached hydrogens (primary N) is 1. The quantitative estimate of drug-likeness (QED) is 0.470. The third kappa shape index (κ3) is 3.97. The number of aliphatic hydroxyl groups excluding tert-OH is 1. The van der Waals surface area contributed by atoms with Gasteiger partial charge < -0.3 is 26.0 Å². The van der Waals surface area contributed by atoms with Crippen molar-refractivity contribution in [3.05, 3.63) is 0 Å². The summed E-state index contributed by atoms with van der Waals surface area (Å²) in [4.78, 5) is 24.4. The van der Waals surface area contributed by atoms with Crippen molar-refractivity contribution in [2.75, 3.05) is 6.61 Å². The van der Waals surface area contributed by atoms with E-state index < -0.39 is 17.6 Å². The van der Waals surface area contributed by atoms with Gasteiger partial charge in [0.1, 0.15) is 6.10 Å². The standard InChI is InChI=1S/C26H44N2O5/c1-4-5-17(15-29)28-23(32)33-18-8-11-24(2)16(14-18)6-7-20-19(24)9-12-25(3)21(22(30)31)10-13-26(20,25)27/h16-21,29H,4-15,27H2,1-3H3,(H,28,32)(H,30,31)/t16-,17?,18+,19+,20-,21-,24+,25-,26+/m1/s1. The molecule has 1 unspecified atom stereocenters. The Labute approximate surface area is 198 Å². The summed E-state index contributed by atoms with van der Waals surface area (Å²) < 4.78 is 5.79. The number of hydrogen-bond donors (Lipinski definition) is 4. The van der Waals surface area contributed by atoms with E-state index in [1.807, 2.05) is 6.92 Å². The fourth-order valence-corrected chi connectivity index (χ4v) is 8.70. The molecule has 188 valence electrons. The van der Waals surface area contributed by atoms with Crippen LogP contribution < -0.4 is 11.1 Å². The van der Waals surface area contributed by atoms with Gasteiger partial charge in [-0.25, -0.2) is 4.79 Å². The van der Waals surface area contributed by atoms with Crippen molar-refractivity contribution in [3.8, 4) is 0 Å². The van der Waals surface area contributed by atoms with Gasteiger partial charge in [0, 0.05) is 5.54 Å². The lowest BCUT2D eigenvalue weighted by molar-refractivity contribution is -0.157. The number of amides is 1. The van der Waals surface area contributed by atoms with Crippen LogP contribution in [0.5, 0.6) is 0 Å². The number of carboxylic acid groups (broad SMARTS) is 1. The smallest absolute Gasteiger partial charge is 0.407 e. The molecule has 7 heteroatoms. The molecule has 5 N–H and O–H groups in total. The van der Waals surface area contributed by atoms with Crippen LogP contribution in [0.2, 0.25) is 0 Å². The molecule has 0 spiro atoms. The minimum absolute atomic E-state index is 0.0696. The van der Waals surface area contributed by atoms with Gasteiger partial charge in [0.2, 0.25) is 0 Å². The number of fused-ring (bicyclic) bond motifs is 5. The van der Waals surface area contributed by atoms with Crippen LogP contribution in [0.3, 0.4) is 0 Å². The highest BCUT2D eigenvalue weighted by molar-refractivity contribution is 5.72. The number of ether oxygens (including phenoxy) is 1. The Morgan fingerprint density at radius 2 is 1.85 bits per heavy atom. The average molecular weight is 465 g/mol. The van der Waals surface area contributed by atoms with Crippen molar-refractivity contribution in [2.24, 2.45) is 40.2 Å². The van der Waals surface area contributed by atoms with E-state index in [2.05, 4.69) is 19.2 Å². The Balaban J connectivity index is 1.43. The van der Waals surface area contributed by atoms with E-state index in [9.17, 15) is 19.8 Å². The van der Waals surface area contributed by atoms with Crippen molar-refractivity contribution in [1.82, 2.24) is 5.32 Å². The number of aliphatic hydroxyl groups is 1. The average Bonchev–Trinajstić information content (AvgIpc) is 3.05. The summed E-state index contributed by atoms with van der Waals surface area (Å²) >= 11 is 0. The van der Waals surface area contributed by atoms with E-state index in [-0.39, 0.29) is 35.5 Å². The predicted octanol–water partition coefficient (Wildman–Crippen LogP) is 4.07. The molecule has 4 aliphatic carbocycles. The van der Waals surface area contributed by atoms with Crippen LogP contribution in [0.1, 0.15) is 91.4 Å². The number of carbonyl (C=O) groups excluding carboxylic acids is 1. The SMILES string of the molecule is CCCC(CO)NC(=O)O[C@H]1CC[C@@]2(C)[C@H](CC[C@@H]3[C@@H]2CC[C@]2(C)[C@@H](C(=O)O)CC[C@]32N)C1. The van der Waals surface area contributed by atoms with E-state index >= 15 is 0 Å². The molecular weight excluding hydrogens is 420 g/mol. The second kappa shape index (κ2) is 9.03. The lowest BCUT2D eigenvalue weighted by Gasteiger charge is -2.64. The summed E-state index contributed by atoms with van der Waals surface area (Å²) in [6, 6.07) is -0.245. The monoisotopic (exact) mass is 464 g/mol. The fraction of sp³-hybridized carbons (Fsp3) is 0.923. The first kappa shape index (κ1) is 24.8. The third-order valence-electron chi connectivity index (χ3n) is 10.7. The van der Waals surface area contributed by atoms with Crippen molar-refractivity contribution in [1.29, 1.82) is 0 Å². The predicted molar refractivity (Wildman–Crippen MR) is 125 cm³/mol. The summed E-state index contributed by atoms with van der Waals surface area (Å²) in [6.45, 7) is 6.52. The molecule has 0 radical (unpaired) electrons. The van der Waals surface area contributed by atoms with E-state index in [1.165, 1.54) is 0 Å². The maximum absolute atomic E-state index is 12.4. The first-order chi connectivity index (χ1) is 15.6. The number of rotatable bonds is 6. The van der Waals surface area contributed by atoms with Gasteiger partial charge in [-0.1, -0.05) is 27.2 Å². The normalized spacial score (nSPS) is 45.3. The molecule has 4 fully saturated rings. The molecule has 4 rings (SSSR count). The van der Waals surface area contributed by atoms with Gasteiger partial charge in [-0.3, -0.25) is 4.79 Å². The van der Waals surface area contributed by atoms with Crippen LogP contribution in [0.25, 0.3) is 0 Å². The first-order valence-electron chi connectivity index (χ1n) is 13.2. The van der Waals surface area contributed by atoms with Crippen LogP contribution in [0, 0.1) is 34.5 Å². The molecule has 7 nitrogen and oxygen atoms in total. The number of carboxylic acids is 1. The zero-order chi connectivity index (χ0) is 24.0. The molecule has 9 atom stereocenters. The Bertz CT molecular complexity index is 761. The van der Waals surface area contributed by atoms with Crippen LogP contribution in [0.4, 0.5) is 4.79 Å². The Morgan fingerprint density at radius 3 is 2.52 bits per heavy atom. The molecule has 0 aromatic carbocycles. The maximum Gasteiger partial charge on any atom is 0.407 e. The maximum atomic E-state index is 12.4. The second-order valence-electron chi connectivity index (χ2n) is 12.0. The van der Waals surface area contributed by atoms with Gasteiger partial charge in [0.25, 0.3) is 0 Å². The van der Waals surface area contributed by atoms with Crippen molar-refractivity contribution < 1.29 is 24.5 Å². The fourth-order valence-electron chi connectivity index (χ4n) is 8.70. The highest BCUT2D eigenvalue weighted by Gasteiger charge is 2.67. The molecule has 0 saturated heterocycles. The Morgan fingerprint density at radius 1 is 1.09 bits per heavy atom. The van der Waals surface area contributed by atoms with Crippen LogP contribution in [0.15, 0.2) is 0 Å². The molecule has 4 aliphatic rings. The summed E-state index contributed by atoms with van der Waals surface area (Å²) in [5.41, 5.74) is 6.64. The Hall–Kier alpha value is -1.34. The molecule has 0 aromatic rings. The summed E-state index contributed by atoms with van der Waals surface area (Å²) in [5.74, 6) is 0.384. The summed E-state index contributed by atoms with van der Waals surface area (Å²) in [6.07, 6.45) is 9.48. The highest BCUT2D eigenvalue weighted by atomic mass is 16.6. The van der Waals surface area contributed by atoms with E-state index in [0.717, 1.165) is 64.2 Å². The van der Waals surface area contributed by atoms with Gasteiger partial charge >= 0.3 is 12.1 Å². The molecule has 1 amide bonds. The molecule has 0 aromatic heterocycles. The van der Waals surface area contributed by atoms with Gasteiger partial charge in [-0.05, 0) is 92.8 Å².